The lowest BCUT2D eigenvalue weighted by atomic mass is 10.2. The van der Waals surface area contributed by atoms with Gasteiger partial charge < -0.3 is 19.9 Å². The second-order valence-corrected chi connectivity index (χ2v) is 7.87. The molecule has 8 heteroatoms. The highest BCUT2D eigenvalue weighted by Gasteiger charge is 2.24. The van der Waals surface area contributed by atoms with E-state index in [-0.39, 0.29) is 5.91 Å². The minimum atomic E-state index is 0.268. The highest BCUT2D eigenvalue weighted by atomic mass is 35.5. The average molecular weight is 422 g/mol. The first-order valence-electron chi connectivity index (χ1n) is 10.5. The number of amides is 1. The van der Waals surface area contributed by atoms with Gasteiger partial charge in [0.1, 0.15) is 5.75 Å². The fourth-order valence-corrected chi connectivity index (χ4v) is 4.01. The lowest BCUT2D eigenvalue weighted by Crippen LogP contribution is -2.54. The molecule has 0 atom stereocenters. The van der Waals surface area contributed by atoms with E-state index in [4.69, 9.17) is 16.3 Å². The van der Waals surface area contributed by atoms with Gasteiger partial charge in [0.15, 0.2) is 5.96 Å². The summed E-state index contributed by atoms with van der Waals surface area (Å²) in [6.07, 6.45) is 2.28. The first-order valence-corrected chi connectivity index (χ1v) is 10.9. The molecule has 1 amide bonds. The maximum absolute atomic E-state index is 12.4. The van der Waals surface area contributed by atoms with Gasteiger partial charge in [-0.2, -0.15) is 0 Å². The first-order chi connectivity index (χ1) is 14.1. The molecule has 0 radical (unpaired) electrons. The van der Waals surface area contributed by atoms with Crippen LogP contribution in [0.1, 0.15) is 25.3 Å². The molecular formula is C21H32ClN5O2. The van der Waals surface area contributed by atoms with E-state index in [1.807, 2.05) is 30.0 Å². The molecule has 0 spiro atoms. The van der Waals surface area contributed by atoms with Crippen LogP contribution in [0.3, 0.4) is 0 Å². The zero-order chi connectivity index (χ0) is 20.6. The van der Waals surface area contributed by atoms with Crippen molar-refractivity contribution in [1.29, 1.82) is 0 Å². The summed E-state index contributed by atoms with van der Waals surface area (Å²) in [6, 6.07) is 5.70. The Morgan fingerprint density at radius 2 is 1.86 bits per heavy atom. The Labute approximate surface area is 178 Å². The Kier molecular flexibility index (Phi) is 8.00. The van der Waals surface area contributed by atoms with Gasteiger partial charge in [-0.15, -0.1) is 0 Å². The first kappa shape index (κ1) is 21.7. The molecule has 1 aromatic rings. The smallest absolute Gasteiger partial charge is 0.236 e. The fourth-order valence-electron chi connectivity index (χ4n) is 3.85. The van der Waals surface area contributed by atoms with Gasteiger partial charge in [-0.1, -0.05) is 17.7 Å². The number of nitrogens with zero attached hydrogens (tertiary/aromatic N) is 4. The minimum absolute atomic E-state index is 0.268. The van der Waals surface area contributed by atoms with E-state index in [1.54, 1.807) is 7.05 Å². The van der Waals surface area contributed by atoms with E-state index in [0.717, 1.165) is 69.4 Å². The number of aliphatic imine (C=N–C) groups is 1. The van der Waals surface area contributed by atoms with Gasteiger partial charge in [-0.3, -0.25) is 14.7 Å². The molecule has 29 heavy (non-hydrogen) atoms. The molecular weight excluding hydrogens is 390 g/mol. The van der Waals surface area contributed by atoms with Crippen molar-refractivity contribution in [1.82, 2.24) is 20.0 Å². The lowest BCUT2D eigenvalue weighted by molar-refractivity contribution is -0.131. The van der Waals surface area contributed by atoms with Crippen molar-refractivity contribution in [2.24, 2.45) is 4.99 Å². The van der Waals surface area contributed by atoms with Crippen LogP contribution in [0, 0.1) is 0 Å². The van der Waals surface area contributed by atoms with E-state index in [2.05, 4.69) is 20.1 Å². The van der Waals surface area contributed by atoms with Crippen LogP contribution in [-0.2, 0) is 11.3 Å². The van der Waals surface area contributed by atoms with Crippen molar-refractivity contribution < 1.29 is 9.53 Å². The van der Waals surface area contributed by atoms with Crippen molar-refractivity contribution in [2.45, 2.75) is 26.3 Å². The molecule has 2 fully saturated rings. The van der Waals surface area contributed by atoms with Gasteiger partial charge in [-0.25, -0.2) is 0 Å². The number of halogens is 1. The normalized spacial score (nSPS) is 18.2. The maximum Gasteiger partial charge on any atom is 0.236 e. The van der Waals surface area contributed by atoms with Gasteiger partial charge in [0, 0.05) is 63.4 Å². The molecule has 7 nitrogen and oxygen atoms in total. The number of hydrogen-bond acceptors (Lipinski definition) is 4. The second kappa shape index (κ2) is 10.7. The number of rotatable bonds is 6. The molecule has 1 aromatic carbocycles. The molecule has 0 aliphatic carbocycles. The Morgan fingerprint density at radius 3 is 2.52 bits per heavy atom. The number of likely N-dealkylation sites (tertiary alicyclic amines) is 1. The van der Waals surface area contributed by atoms with E-state index in [0.29, 0.717) is 24.7 Å². The Balaban J connectivity index is 1.48. The number of nitrogens with one attached hydrogen (secondary N) is 1. The summed E-state index contributed by atoms with van der Waals surface area (Å²) in [6.45, 7) is 8.99. The van der Waals surface area contributed by atoms with Crippen LogP contribution in [0.2, 0.25) is 5.02 Å². The molecule has 2 heterocycles. The third-order valence-corrected chi connectivity index (χ3v) is 5.70. The number of carbonyl (C=O) groups excluding carboxylic acids is 1. The van der Waals surface area contributed by atoms with Crippen molar-refractivity contribution in [3.63, 3.8) is 0 Å². The summed E-state index contributed by atoms with van der Waals surface area (Å²) in [7, 11) is 1.80. The molecule has 2 aliphatic rings. The van der Waals surface area contributed by atoms with Crippen LogP contribution in [0.4, 0.5) is 0 Å². The lowest BCUT2D eigenvalue weighted by Gasteiger charge is -2.36. The molecule has 0 bridgehead atoms. The van der Waals surface area contributed by atoms with Crippen LogP contribution in [0.15, 0.2) is 23.2 Å². The number of benzene rings is 1. The van der Waals surface area contributed by atoms with E-state index >= 15 is 0 Å². The van der Waals surface area contributed by atoms with Crippen molar-refractivity contribution in [3.05, 3.63) is 28.8 Å². The Bertz CT molecular complexity index is 713. The summed E-state index contributed by atoms with van der Waals surface area (Å²) < 4.78 is 5.70. The Morgan fingerprint density at radius 1 is 1.14 bits per heavy atom. The third-order valence-electron chi connectivity index (χ3n) is 5.47. The van der Waals surface area contributed by atoms with Crippen LogP contribution in [-0.4, -0.2) is 86.0 Å². The largest absolute Gasteiger partial charge is 0.493 e. The summed E-state index contributed by atoms with van der Waals surface area (Å²) in [4.78, 5) is 23.3. The number of piperazine rings is 1. The molecule has 2 aliphatic heterocycles. The van der Waals surface area contributed by atoms with Crippen LogP contribution < -0.4 is 10.1 Å². The van der Waals surface area contributed by atoms with Gasteiger partial charge in [0.05, 0.1) is 13.2 Å². The molecule has 0 saturated carbocycles. The highest BCUT2D eigenvalue weighted by molar-refractivity contribution is 6.30. The SMILES string of the molecule is CCOc1cc(Cl)ccc1CNC(=NC)N1CCN(CC(=O)N2CCCC2)CC1. The number of guanidine groups is 1. The number of hydrogen-bond donors (Lipinski definition) is 1. The summed E-state index contributed by atoms with van der Waals surface area (Å²) in [5.41, 5.74) is 1.05. The summed E-state index contributed by atoms with van der Waals surface area (Å²) in [5, 5.41) is 4.10. The predicted octanol–water partition coefficient (Wildman–Crippen LogP) is 2.05. The van der Waals surface area contributed by atoms with E-state index in [9.17, 15) is 4.79 Å². The zero-order valence-corrected chi connectivity index (χ0v) is 18.2. The molecule has 3 rings (SSSR count). The van der Waals surface area contributed by atoms with Gasteiger partial charge in [0.25, 0.3) is 0 Å². The maximum atomic E-state index is 12.4. The van der Waals surface area contributed by atoms with Gasteiger partial charge in [0.2, 0.25) is 5.91 Å². The summed E-state index contributed by atoms with van der Waals surface area (Å²) in [5.74, 6) is 1.94. The fraction of sp³-hybridized carbons (Fsp3) is 0.619. The van der Waals surface area contributed by atoms with Gasteiger partial charge in [-0.05, 0) is 31.9 Å². The Hall–Kier alpha value is -1.99. The minimum Gasteiger partial charge on any atom is -0.493 e. The highest BCUT2D eigenvalue weighted by Crippen LogP contribution is 2.23. The van der Waals surface area contributed by atoms with E-state index in [1.165, 1.54) is 0 Å². The second-order valence-electron chi connectivity index (χ2n) is 7.44. The number of carbonyl (C=O) groups is 1. The molecule has 160 valence electrons. The molecule has 0 aromatic heterocycles. The standard InChI is InChI=1S/C21H32ClN5O2/c1-3-29-19-14-18(22)7-6-17(19)15-24-21(23-2)27-12-10-25(11-13-27)16-20(28)26-8-4-5-9-26/h6-7,14H,3-5,8-13,15-16H2,1-2H3,(H,23,24). The van der Waals surface area contributed by atoms with Crippen LogP contribution in [0.25, 0.3) is 0 Å². The molecule has 0 unspecified atom stereocenters. The molecule has 2 saturated heterocycles. The third kappa shape index (κ3) is 6.00. The van der Waals surface area contributed by atoms with Crippen LogP contribution in [0.5, 0.6) is 5.75 Å². The van der Waals surface area contributed by atoms with Crippen molar-refractivity contribution in [2.75, 3.05) is 59.5 Å². The average Bonchev–Trinajstić information content (AvgIpc) is 3.26. The van der Waals surface area contributed by atoms with Crippen LogP contribution >= 0.6 is 11.6 Å². The monoisotopic (exact) mass is 421 g/mol. The van der Waals surface area contributed by atoms with E-state index < -0.39 is 0 Å². The van der Waals surface area contributed by atoms with Crippen molar-refractivity contribution >= 4 is 23.5 Å². The number of ether oxygens (including phenoxy) is 1. The topological polar surface area (TPSA) is 60.4 Å². The van der Waals surface area contributed by atoms with Crippen molar-refractivity contribution in [3.8, 4) is 5.75 Å². The predicted molar refractivity (Wildman–Crippen MR) is 117 cm³/mol. The molecule has 1 N–H and O–H groups in total. The van der Waals surface area contributed by atoms with Gasteiger partial charge >= 0.3 is 0 Å². The summed E-state index contributed by atoms with van der Waals surface area (Å²) >= 11 is 6.09. The zero-order valence-electron chi connectivity index (χ0n) is 17.5. The quantitative estimate of drug-likeness (QED) is 0.562.